The van der Waals surface area contributed by atoms with Gasteiger partial charge in [0, 0.05) is 4.88 Å². The minimum absolute atomic E-state index is 0.256. The first-order valence-electron chi connectivity index (χ1n) is 3.81. The number of rotatable bonds is 2. The molecule has 0 spiro atoms. The molecule has 0 amide bonds. The van der Waals surface area contributed by atoms with Crippen molar-refractivity contribution in [3.63, 3.8) is 0 Å². The van der Waals surface area contributed by atoms with Crippen LogP contribution in [0.1, 0.15) is 4.88 Å². The normalized spacial score (nSPS) is 18.2. The third-order valence-corrected chi connectivity index (χ3v) is 3.33. The zero-order chi connectivity index (χ0) is 10.2. The van der Waals surface area contributed by atoms with Crippen LogP contribution in [0.3, 0.4) is 0 Å². The van der Waals surface area contributed by atoms with E-state index in [1.54, 1.807) is 6.07 Å². The summed E-state index contributed by atoms with van der Waals surface area (Å²) in [6.07, 6.45) is 1.20. The molecular formula is C8H7NO3S2. The number of hydrogen-bond donors (Lipinski definition) is 0. The van der Waals surface area contributed by atoms with Crippen molar-refractivity contribution >= 4 is 27.6 Å². The average molecular weight is 229 g/mol. The van der Waals surface area contributed by atoms with Crippen molar-refractivity contribution in [3.05, 3.63) is 28.2 Å². The Hall–Kier alpha value is -1.14. The minimum atomic E-state index is -3.42. The van der Waals surface area contributed by atoms with Gasteiger partial charge >= 0.3 is 0 Å². The van der Waals surface area contributed by atoms with E-state index in [9.17, 15) is 8.42 Å². The Bertz CT molecular complexity index is 510. The van der Waals surface area contributed by atoms with Crippen LogP contribution in [0.25, 0.3) is 0 Å². The average Bonchev–Trinajstić information content (AvgIpc) is 2.59. The summed E-state index contributed by atoms with van der Waals surface area (Å²) in [5.74, 6) is 0.256. The van der Waals surface area contributed by atoms with Gasteiger partial charge in [-0.2, -0.15) is 12.8 Å². The van der Waals surface area contributed by atoms with E-state index in [0.29, 0.717) is 5.06 Å². The molecule has 0 saturated heterocycles. The number of allylic oxidation sites excluding steroid dienone is 1. The monoisotopic (exact) mass is 229 g/mol. The van der Waals surface area contributed by atoms with Crippen molar-refractivity contribution < 1.29 is 13.2 Å². The number of ether oxygens (including phenoxy) is 1. The molecule has 0 bridgehead atoms. The molecule has 0 fully saturated rings. The van der Waals surface area contributed by atoms with Crippen LogP contribution in [-0.2, 0) is 10.0 Å². The van der Waals surface area contributed by atoms with E-state index in [0.717, 1.165) is 10.3 Å². The lowest BCUT2D eigenvalue weighted by molar-refractivity contribution is 0.472. The lowest BCUT2D eigenvalue weighted by atomic mass is 10.5. The molecule has 0 unspecified atom stereocenters. The third-order valence-electron chi connectivity index (χ3n) is 1.53. The van der Waals surface area contributed by atoms with E-state index in [-0.39, 0.29) is 5.76 Å². The van der Waals surface area contributed by atoms with Gasteiger partial charge < -0.3 is 4.74 Å². The molecule has 0 aromatic carbocycles. The van der Waals surface area contributed by atoms with Crippen LogP contribution in [-0.4, -0.2) is 14.6 Å². The predicted octanol–water partition coefficient (Wildman–Crippen LogP) is 1.69. The van der Waals surface area contributed by atoms with Gasteiger partial charge in [0.25, 0.3) is 10.0 Å². The maximum atomic E-state index is 10.9. The maximum Gasteiger partial charge on any atom is 0.279 e. The van der Waals surface area contributed by atoms with Crippen LogP contribution >= 0.6 is 11.3 Å². The summed E-state index contributed by atoms with van der Waals surface area (Å²) in [4.78, 5) is 1.11. The quantitative estimate of drug-likeness (QED) is 0.775. The summed E-state index contributed by atoms with van der Waals surface area (Å²) in [5, 5.41) is 1.67. The van der Waals surface area contributed by atoms with Gasteiger partial charge in [-0.1, -0.05) is 0 Å². The lowest BCUT2D eigenvalue weighted by Crippen LogP contribution is -1.91. The van der Waals surface area contributed by atoms with Gasteiger partial charge in [-0.15, -0.1) is 11.3 Å². The van der Waals surface area contributed by atoms with Gasteiger partial charge in [-0.25, -0.2) is 0 Å². The largest absolute Gasteiger partial charge is 0.444 e. The summed E-state index contributed by atoms with van der Waals surface area (Å²) in [5.41, 5.74) is 0. The van der Waals surface area contributed by atoms with E-state index < -0.39 is 10.0 Å². The van der Waals surface area contributed by atoms with Crippen molar-refractivity contribution in [2.24, 2.45) is 4.40 Å². The maximum absolute atomic E-state index is 10.9. The molecule has 0 N–H and O–H groups in total. The standard InChI is InChI=1S/C8H7NO3S2/c1-6-2-3-8(13-6)12-7-4-9-14(10,11)5-7/h2-5H,1H3. The molecule has 0 aliphatic carbocycles. The molecular weight excluding hydrogens is 222 g/mol. The fraction of sp³-hybridized carbons (Fsp3) is 0.125. The number of thiophene rings is 1. The van der Waals surface area contributed by atoms with Crippen molar-refractivity contribution in [1.82, 2.24) is 0 Å². The van der Waals surface area contributed by atoms with Crippen LogP contribution in [0.15, 0.2) is 27.7 Å². The first-order chi connectivity index (χ1) is 6.55. The van der Waals surface area contributed by atoms with Gasteiger partial charge in [0.15, 0.2) is 10.8 Å². The molecule has 2 heterocycles. The molecule has 1 aliphatic rings. The third kappa shape index (κ3) is 2.02. The fourth-order valence-corrected chi connectivity index (χ4v) is 2.41. The minimum Gasteiger partial charge on any atom is -0.444 e. The summed E-state index contributed by atoms with van der Waals surface area (Å²) in [6, 6.07) is 3.70. The zero-order valence-electron chi connectivity index (χ0n) is 7.30. The molecule has 1 aromatic heterocycles. The van der Waals surface area contributed by atoms with Gasteiger partial charge in [0.2, 0.25) is 0 Å². The highest BCUT2D eigenvalue weighted by molar-refractivity contribution is 7.93. The topological polar surface area (TPSA) is 55.7 Å². The first-order valence-corrected chi connectivity index (χ1v) is 6.13. The van der Waals surface area contributed by atoms with Crippen LogP contribution in [0, 0.1) is 6.92 Å². The van der Waals surface area contributed by atoms with Crippen molar-refractivity contribution in [2.75, 3.05) is 0 Å². The molecule has 6 heteroatoms. The first kappa shape index (κ1) is 9.42. The summed E-state index contributed by atoms with van der Waals surface area (Å²) >= 11 is 1.46. The smallest absolute Gasteiger partial charge is 0.279 e. The molecule has 0 saturated carbocycles. The molecule has 1 aromatic rings. The van der Waals surface area contributed by atoms with Crippen LogP contribution in [0.4, 0.5) is 0 Å². The molecule has 14 heavy (non-hydrogen) atoms. The van der Waals surface area contributed by atoms with Crippen molar-refractivity contribution in [2.45, 2.75) is 6.92 Å². The van der Waals surface area contributed by atoms with Crippen molar-refractivity contribution in [1.29, 1.82) is 0 Å². The predicted molar refractivity (Wildman–Crippen MR) is 55.2 cm³/mol. The highest BCUT2D eigenvalue weighted by atomic mass is 32.2. The SMILES string of the molecule is Cc1ccc(OC2=CS(=O)(=O)N=C2)s1. The second kappa shape index (κ2) is 3.21. The Morgan fingerprint density at radius 3 is 2.71 bits per heavy atom. The number of nitrogens with zero attached hydrogens (tertiary/aromatic N) is 1. The van der Waals surface area contributed by atoms with Crippen LogP contribution in [0.2, 0.25) is 0 Å². The second-order valence-corrected chi connectivity index (χ2v) is 5.46. The van der Waals surface area contributed by atoms with Crippen LogP contribution in [0.5, 0.6) is 5.06 Å². The Kier molecular flexibility index (Phi) is 2.16. The van der Waals surface area contributed by atoms with Gasteiger partial charge in [-0.3, -0.25) is 0 Å². The van der Waals surface area contributed by atoms with Gasteiger partial charge in [-0.05, 0) is 19.1 Å². The van der Waals surface area contributed by atoms with E-state index in [4.69, 9.17) is 4.74 Å². The van der Waals surface area contributed by atoms with E-state index >= 15 is 0 Å². The van der Waals surface area contributed by atoms with E-state index in [1.807, 2.05) is 13.0 Å². The Balaban J connectivity index is 2.18. The summed E-state index contributed by atoms with van der Waals surface area (Å²) in [7, 11) is -3.42. The molecule has 74 valence electrons. The Morgan fingerprint density at radius 1 is 1.43 bits per heavy atom. The molecule has 4 nitrogen and oxygen atoms in total. The fourth-order valence-electron chi connectivity index (χ4n) is 0.967. The number of sulfonamides is 1. The Labute approximate surface area is 85.6 Å². The van der Waals surface area contributed by atoms with Crippen LogP contribution < -0.4 is 4.74 Å². The number of aryl methyl sites for hydroxylation is 1. The molecule has 1 aliphatic heterocycles. The molecule has 0 radical (unpaired) electrons. The highest BCUT2D eigenvalue weighted by Gasteiger charge is 2.14. The highest BCUT2D eigenvalue weighted by Crippen LogP contribution is 2.26. The summed E-state index contributed by atoms with van der Waals surface area (Å²) < 4.78 is 30.3. The molecule has 2 rings (SSSR count). The second-order valence-electron chi connectivity index (χ2n) is 2.74. The van der Waals surface area contributed by atoms with Crippen molar-refractivity contribution in [3.8, 4) is 5.06 Å². The zero-order valence-corrected chi connectivity index (χ0v) is 8.93. The molecule has 0 atom stereocenters. The van der Waals surface area contributed by atoms with E-state index in [2.05, 4.69) is 4.40 Å². The van der Waals surface area contributed by atoms with E-state index in [1.165, 1.54) is 17.6 Å². The summed E-state index contributed by atoms with van der Waals surface area (Å²) in [6.45, 7) is 1.95. The number of hydrogen-bond acceptors (Lipinski definition) is 4. The lowest BCUT2D eigenvalue weighted by Gasteiger charge is -1.97. The van der Waals surface area contributed by atoms with Gasteiger partial charge in [0.1, 0.15) is 0 Å². The Morgan fingerprint density at radius 2 is 2.21 bits per heavy atom. The van der Waals surface area contributed by atoms with Gasteiger partial charge in [0.05, 0.1) is 11.6 Å².